The number of rotatable bonds is 6. The number of aliphatic hydroxyl groups excluding tert-OH is 1. The molecule has 3 rings (SSSR count). The molecule has 31 heavy (non-hydrogen) atoms. The number of aliphatic hydroxyl groups is 1. The van der Waals surface area contributed by atoms with Crippen molar-refractivity contribution in [1.82, 2.24) is 9.62 Å². The van der Waals surface area contributed by atoms with E-state index >= 15 is 0 Å². The first-order valence-electron chi connectivity index (χ1n) is 9.40. The normalized spacial score (nSPS) is 16.6. The summed E-state index contributed by atoms with van der Waals surface area (Å²) < 4.78 is 69.5. The molecular weight excluding hydrogens is 437 g/mol. The summed E-state index contributed by atoms with van der Waals surface area (Å²) >= 11 is 0. The van der Waals surface area contributed by atoms with Crippen LogP contribution < -0.4 is 5.32 Å². The van der Waals surface area contributed by atoms with Crippen LogP contribution >= 0.6 is 0 Å². The SMILES string of the molecule is O=C(NCC(O)c1ccc(C(F)(F)F)cc1)c1ccc(S(=O)(=O)N2CCOCC2)cc1. The maximum absolute atomic E-state index is 12.6. The zero-order valence-electron chi connectivity index (χ0n) is 16.3. The van der Waals surface area contributed by atoms with Crippen LogP contribution in [0.4, 0.5) is 13.2 Å². The van der Waals surface area contributed by atoms with Gasteiger partial charge in [-0.25, -0.2) is 8.42 Å². The van der Waals surface area contributed by atoms with Crippen LogP contribution in [0.5, 0.6) is 0 Å². The molecule has 2 N–H and O–H groups in total. The second-order valence-electron chi connectivity index (χ2n) is 6.89. The largest absolute Gasteiger partial charge is 0.416 e. The zero-order valence-corrected chi connectivity index (χ0v) is 17.1. The van der Waals surface area contributed by atoms with Gasteiger partial charge in [0.05, 0.1) is 29.8 Å². The van der Waals surface area contributed by atoms with Crippen LogP contribution in [-0.4, -0.2) is 56.6 Å². The molecule has 1 heterocycles. The second kappa shape index (κ2) is 9.35. The highest BCUT2D eigenvalue weighted by molar-refractivity contribution is 7.89. The van der Waals surface area contributed by atoms with E-state index in [2.05, 4.69) is 5.32 Å². The monoisotopic (exact) mass is 458 g/mol. The third-order valence-corrected chi connectivity index (χ3v) is 6.72. The van der Waals surface area contributed by atoms with Crippen molar-refractivity contribution in [3.63, 3.8) is 0 Å². The maximum Gasteiger partial charge on any atom is 0.416 e. The second-order valence-corrected chi connectivity index (χ2v) is 8.82. The average molecular weight is 458 g/mol. The molecule has 1 fully saturated rings. The molecule has 168 valence electrons. The Kier molecular flexibility index (Phi) is 6.99. The molecule has 1 atom stereocenters. The van der Waals surface area contributed by atoms with Crippen molar-refractivity contribution in [3.05, 3.63) is 65.2 Å². The molecule has 0 spiro atoms. The molecular formula is C20H21F3N2O5S. The van der Waals surface area contributed by atoms with Crippen LogP contribution in [-0.2, 0) is 20.9 Å². The van der Waals surface area contributed by atoms with Gasteiger partial charge in [-0.2, -0.15) is 17.5 Å². The summed E-state index contributed by atoms with van der Waals surface area (Å²) in [4.78, 5) is 12.3. The number of nitrogens with zero attached hydrogens (tertiary/aromatic N) is 1. The molecule has 1 amide bonds. The van der Waals surface area contributed by atoms with Crippen LogP contribution in [0, 0.1) is 0 Å². The molecule has 0 aromatic heterocycles. The van der Waals surface area contributed by atoms with Gasteiger partial charge < -0.3 is 15.2 Å². The van der Waals surface area contributed by atoms with E-state index in [1.807, 2.05) is 0 Å². The summed E-state index contributed by atoms with van der Waals surface area (Å²) in [5, 5.41) is 12.6. The Bertz CT molecular complexity index is 1000. The van der Waals surface area contributed by atoms with E-state index in [0.29, 0.717) is 13.2 Å². The Hall–Kier alpha value is -2.47. The number of benzene rings is 2. The number of hydrogen-bond donors (Lipinski definition) is 2. The molecule has 0 saturated carbocycles. The van der Waals surface area contributed by atoms with E-state index in [0.717, 1.165) is 24.3 Å². The average Bonchev–Trinajstić information content (AvgIpc) is 2.77. The van der Waals surface area contributed by atoms with Crippen molar-refractivity contribution >= 4 is 15.9 Å². The molecule has 7 nitrogen and oxygen atoms in total. The van der Waals surface area contributed by atoms with Crippen molar-refractivity contribution in [2.45, 2.75) is 17.2 Å². The van der Waals surface area contributed by atoms with E-state index < -0.39 is 33.8 Å². The topological polar surface area (TPSA) is 95.9 Å². The van der Waals surface area contributed by atoms with Crippen molar-refractivity contribution < 1.29 is 36.2 Å². The van der Waals surface area contributed by atoms with Crippen molar-refractivity contribution in [2.75, 3.05) is 32.8 Å². The minimum atomic E-state index is -4.47. The molecule has 1 saturated heterocycles. The zero-order chi connectivity index (χ0) is 22.6. The highest BCUT2D eigenvalue weighted by Crippen LogP contribution is 2.29. The minimum Gasteiger partial charge on any atom is -0.387 e. The van der Waals surface area contributed by atoms with Gasteiger partial charge in [-0.05, 0) is 42.0 Å². The van der Waals surface area contributed by atoms with E-state index in [1.165, 1.54) is 28.6 Å². The Morgan fingerprint density at radius 2 is 1.65 bits per heavy atom. The first-order valence-corrected chi connectivity index (χ1v) is 10.8. The minimum absolute atomic E-state index is 0.0516. The quantitative estimate of drug-likeness (QED) is 0.692. The number of hydrogen-bond acceptors (Lipinski definition) is 5. The van der Waals surface area contributed by atoms with Crippen LogP contribution in [0.15, 0.2) is 53.4 Å². The number of amides is 1. The molecule has 2 aromatic carbocycles. The third kappa shape index (κ3) is 5.62. The van der Waals surface area contributed by atoms with Crippen LogP contribution in [0.3, 0.4) is 0 Å². The van der Waals surface area contributed by atoms with E-state index in [9.17, 15) is 31.5 Å². The summed E-state index contributed by atoms with van der Waals surface area (Å²) in [5.74, 6) is -0.554. The molecule has 1 aliphatic heterocycles. The van der Waals surface area contributed by atoms with Gasteiger partial charge in [0.25, 0.3) is 5.91 Å². The predicted molar refractivity (Wildman–Crippen MR) is 105 cm³/mol. The number of carbonyl (C=O) groups excluding carboxylic acids is 1. The molecule has 1 unspecified atom stereocenters. The van der Waals surface area contributed by atoms with Gasteiger partial charge in [-0.3, -0.25) is 4.79 Å². The van der Waals surface area contributed by atoms with Crippen LogP contribution in [0.1, 0.15) is 27.6 Å². The first-order chi connectivity index (χ1) is 14.6. The first kappa shape index (κ1) is 23.2. The standard InChI is InChI=1S/C20H21F3N2O5S/c21-20(22,23)16-5-1-14(2-6-16)18(26)13-24-19(27)15-3-7-17(8-4-15)31(28,29)25-9-11-30-12-10-25/h1-8,18,26H,9-13H2,(H,24,27). The van der Waals surface area contributed by atoms with Gasteiger partial charge in [0.2, 0.25) is 10.0 Å². The maximum atomic E-state index is 12.6. The molecule has 0 aliphatic carbocycles. The fourth-order valence-corrected chi connectivity index (χ4v) is 4.43. The van der Waals surface area contributed by atoms with Crippen molar-refractivity contribution in [1.29, 1.82) is 0 Å². The third-order valence-electron chi connectivity index (χ3n) is 4.80. The Balaban J connectivity index is 1.59. The Morgan fingerprint density at radius 1 is 1.06 bits per heavy atom. The van der Waals surface area contributed by atoms with Crippen molar-refractivity contribution in [2.24, 2.45) is 0 Å². The lowest BCUT2D eigenvalue weighted by Crippen LogP contribution is -2.40. The van der Waals surface area contributed by atoms with Crippen LogP contribution in [0.25, 0.3) is 0 Å². The summed E-state index contributed by atoms with van der Waals surface area (Å²) in [6.45, 7) is 0.929. The van der Waals surface area contributed by atoms with Gasteiger partial charge in [0, 0.05) is 25.2 Å². The van der Waals surface area contributed by atoms with Gasteiger partial charge >= 0.3 is 6.18 Å². The van der Waals surface area contributed by atoms with E-state index in [1.54, 1.807) is 0 Å². The van der Waals surface area contributed by atoms with Gasteiger partial charge in [-0.15, -0.1) is 0 Å². The van der Waals surface area contributed by atoms with E-state index in [4.69, 9.17) is 4.74 Å². The lowest BCUT2D eigenvalue weighted by atomic mass is 10.1. The van der Waals surface area contributed by atoms with Crippen LogP contribution in [0.2, 0.25) is 0 Å². The Labute approximate surface area is 177 Å². The predicted octanol–water partition coefficient (Wildman–Crippen LogP) is 2.19. The number of nitrogens with one attached hydrogen (secondary N) is 1. The summed E-state index contributed by atoms with van der Waals surface area (Å²) in [6.07, 6.45) is -5.67. The highest BCUT2D eigenvalue weighted by atomic mass is 32.2. The van der Waals surface area contributed by atoms with Gasteiger partial charge in [-0.1, -0.05) is 12.1 Å². The number of halogens is 3. The smallest absolute Gasteiger partial charge is 0.387 e. The molecule has 2 aromatic rings. The Morgan fingerprint density at radius 3 is 2.19 bits per heavy atom. The fourth-order valence-electron chi connectivity index (χ4n) is 3.02. The number of morpholine rings is 1. The van der Waals surface area contributed by atoms with Gasteiger partial charge in [0.15, 0.2) is 0 Å². The number of ether oxygens (including phenoxy) is 1. The lowest BCUT2D eigenvalue weighted by molar-refractivity contribution is -0.137. The lowest BCUT2D eigenvalue weighted by Gasteiger charge is -2.26. The van der Waals surface area contributed by atoms with Crippen molar-refractivity contribution in [3.8, 4) is 0 Å². The molecule has 1 aliphatic rings. The molecule has 0 radical (unpaired) electrons. The number of sulfonamides is 1. The fraction of sp³-hybridized carbons (Fsp3) is 0.350. The van der Waals surface area contributed by atoms with Gasteiger partial charge in [0.1, 0.15) is 0 Å². The summed E-state index contributed by atoms with van der Waals surface area (Å²) in [7, 11) is -3.68. The summed E-state index contributed by atoms with van der Waals surface area (Å²) in [5.41, 5.74) is -0.430. The number of alkyl halides is 3. The molecule has 11 heteroatoms. The molecule has 0 bridgehead atoms. The number of carbonyl (C=O) groups is 1. The van der Waals surface area contributed by atoms with E-state index in [-0.39, 0.29) is 35.7 Å². The highest BCUT2D eigenvalue weighted by Gasteiger charge is 2.30. The summed E-state index contributed by atoms with van der Waals surface area (Å²) in [6, 6.07) is 9.36.